The Labute approximate surface area is 131 Å². The van der Waals surface area contributed by atoms with Crippen molar-refractivity contribution in [3.8, 4) is 0 Å². The summed E-state index contributed by atoms with van der Waals surface area (Å²) < 4.78 is 34.3. The number of nitrogens with zero attached hydrogens (tertiary/aromatic N) is 2. The fourth-order valence-corrected chi connectivity index (χ4v) is 5.20. The molecule has 1 fully saturated rings. The smallest absolute Gasteiger partial charge is 0.282 e. The van der Waals surface area contributed by atoms with E-state index < -0.39 is 10.2 Å². The Morgan fingerprint density at radius 1 is 1.48 bits per heavy atom. The van der Waals surface area contributed by atoms with E-state index in [0.717, 1.165) is 4.88 Å². The summed E-state index contributed by atoms with van der Waals surface area (Å²) in [7, 11) is -3.45. The Bertz CT molecular complexity index is 569. The van der Waals surface area contributed by atoms with Crippen molar-refractivity contribution in [3.63, 3.8) is 0 Å². The number of hydrogen-bond donors (Lipinski definition) is 0. The van der Waals surface area contributed by atoms with Crippen LogP contribution in [0.4, 0.5) is 0 Å². The van der Waals surface area contributed by atoms with Gasteiger partial charge in [-0.15, -0.1) is 11.3 Å². The number of ether oxygens (including phenoxy) is 1. The lowest BCUT2D eigenvalue weighted by atomic mass is 10.3. The summed E-state index contributed by atoms with van der Waals surface area (Å²) in [6.45, 7) is 9.53. The van der Waals surface area contributed by atoms with Crippen molar-refractivity contribution in [1.82, 2.24) is 8.61 Å². The topological polar surface area (TPSA) is 49.9 Å². The van der Waals surface area contributed by atoms with E-state index in [0.29, 0.717) is 26.2 Å². The van der Waals surface area contributed by atoms with Crippen molar-refractivity contribution in [2.75, 3.05) is 19.7 Å². The second kappa shape index (κ2) is 6.75. The highest BCUT2D eigenvalue weighted by Crippen LogP contribution is 2.23. The second-order valence-corrected chi connectivity index (χ2v) is 8.95. The molecule has 2 heterocycles. The van der Waals surface area contributed by atoms with Crippen LogP contribution in [-0.2, 0) is 21.5 Å². The van der Waals surface area contributed by atoms with Gasteiger partial charge in [-0.2, -0.15) is 17.0 Å². The zero-order valence-corrected chi connectivity index (χ0v) is 14.7. The molecule has 0 unspecified atom stereocenters. The Morgan fingerprint density at radius 3 is 2.71 bits per heavy atom. The lowest BCUT2D eigenvalue weighted by molar-refractivity contribution is 0.00780. The van der Waals surface area contributed by atoms with E-state index in [1.54, 1.807) is 19.9 Å². The number of hydrogen-bond acceptors (Lipinski definition) is 4. The molecule has 0 N–H and O–H groups in total. The molecule has 1 aromatic rings. The summed E-state index contributed by atoms with van der Waals surface area (Å²) in [5.74, 6) is 0. The maximum Gasteiger partial charge on any atom is 0.282 e. The van der Waals surface area contributed by atoms with E-state index in [9.17, 15) is 8.42 Å². The van der Waals surface area contributed by atoms with Gasteiger partial charge in [-0.1, -0.05) is 0 Å². The largest absolute Gasteiger partial charge is 0.376 e. The minimum Gasteiger partial charge on any atom is -0.376 e. The first-order valence-electron chi connectivity index (χ1n) is 7.24. The number of thiophene rings is 1. The molecule has 1 atom stereocenters. The van der Waals surface area contributed by atoms with Gasteiger partial charge in [-0.05, 0) is 39.8 Å². The fourth-order valence-electron chi connectivity index (χ4n) is 2.40. The summed E-state index contributed by atoms with van der Waals surface area (Å²) in [5, 5.41) is 0. The van der Waals surface area contributed by atoms with Crippen LogP contribution in [0.5, 0.6) is 0 Å². The lowest BCUT2D eigenvalue weighted by Gasteiger charge is -2.36. The summed E-state index contributed by atoms with van der Waals surface area (Å²) in [5.41, 5.74) is 0. The molecule has 0 bridgehead atoms. The van der Waals surface area contributed by atoms with E-state index in [1.165, 1.54) is 4.88 Å². The van der Waals surface area contributed by atoms with Crippen LogP contribution in [0.15, 0.2) is 12.1 Å². The van der Waals surface area contributed by atoms with Crippen LogP contribution in [0.25, 0.3) is 0 Å². The van der Waals surface area contributed by atoms with Crippen LogP contribution >= 0.6 is 11.3 Å². The fraction of sp³-hybridized carbons (Fsp3) is 0.714. The summed E-state index contributed by atoms with van der Waals surface area (Å²) in [6, 6.07) is 3.96. The van der Waals surface area contributed by atoms with Gasteiger partial charge in [-0.25, -0.2) is 0 Å². The van der Waals surface area contributed by atoms with Crippen LogP contribution in [-0.4, -0.2) is 48.9 Å². The Hall–Kier alpha value is -0.470. The highest BCUT2D eigenvalue weighted by atomic mass is 32.2. The van der Waals surface area contributed by atoms with Crippen molar-refractivity contribution >= 4 is 21.5 Å². The summed E-state index contributed by atoms with van der Waals surface area (Å²) in [6.07, 6.45) is -0.0495. The van der Waals surface area contributed by atoms with Gasteiger partial charge in [0.25, 0.3) is 10.2 Å². The first kappa shape index (κ1) is 16.9. The molecule has 1 saturated heterocycles. The zero-order chi connectivity index (χ0) is 15.6. The minimum atomic E-state index is -3.45. The van der Waals surface area contributed by atoms with Gasteiger partial charge in [0.2, 0.25) is 0 Å². The normalized spacial score (nSPS) is 21.3. The SMILES string of the molecule is Cc1ccc(CN(C(C)C)S(=O)(=O)N2CCO[C@@H](C)C2)s1. The molecule has 2 rings (SSSR count). The number of rotatable bonds is 5. The van der Waals surface area contributed by atoms with Gasteiger partial charge >= 0.3 is 0 Å². The third-order valence-corrected chi connectivity index (χ3v) is 6.62. The predicted octanol–water partition coefficient (Wildman–Crippen LogP) is 2.23. The molecule has 0 amide bonds. The van der Waals surface area contributed by atoms with Gasteiger partial charge in [0.15, 0.2) is 0 Å². The van der Waals surface area contributed by atoms with Crippen molar-refractivity contribution in [1.29, 1.82) is 0 Å². The average Bonchev–Trinajstić information content (AvgIpc) is 2.81. The molecule has 5 nitrogen and oxygen atoms in total. The van der Waals surface area contributed by atoms with E-state index >= 15 is 0 Å². The molecule has 0 aromatic carbocycles. The van der Waals surface area contributed by atoms with Gasteiger partial charge in [0.05, 0.1) is 12.7 Å². The van der Waals surface area contributed by atoms with Crippen molar-refractivity contribution < 1.29 is 13.2 Å². The van der Waals surface area contributed by atoms with Crippen LogP contribution in [0.3, 0.4) is 0 Å². The molecule has 7 heteroatoms. The Kier molecular flexibility index (Phi) is 5.43. The third-order valence-electron chi connectivity index (χ3n) is 3.51. The van der Waals surface area contributed by atoms with Crippen LogP contribution in [0, 0.1) is 6.92 Å². The average molecular weight is 332 g/mol. The molecule has 1 aliphatic rings. The highest BCUT2D eigenvalue weighted by Gasteiger charge is 2.34. The van der Waals surface area contributed by atoms with Gasteiger partial charge < -0.3 is 4.74 Å². The Morgan fingerprint density at radius 2 is 2.19 bits per heavy atom. The van der Waals surface area contributed by atoms with E-state index in [-0.39, 0.29) is 12.1 Å². The monoisotopic (exact) mass is 332 g/mol. The summed E-state index contributed by atoms with van der Waals surface area (Å²) in [4.78, 5) is 2.28. The molecule has 1 aliphatic heterocycles. The molecular weight excluding hydrogens is 308 g/mol. The zero-order valence-electron chi connectivity index (χ0n) is 13.1. The first-order valence-corrected chi connectivity index (χ1v) is 9.46. The maximum absolute atomic E-state index is 12.9. The van der Waals surface area contributed by atoms with Crippen LogP contribution in [0.2, 0.25) is 0 Å². The molecule has 21 heavy (non-hydrogen) atoms. The maximum atomic E-state index is 12.9. The summed E-state index contributed by atoms with van der Waals surface area (Å²) >= 11 is 1.65. The van der Waals surface area contributed by atoms with E-state index in [1.807, 2.05) is 39.8 Å². The minimum absolute atomic E-state index is 0.0495. The third kappa shape index (κ3) is 4.04. The predicted molar refractivity (Wildman–Crippen MR) is 85.6 cm³/mol. The van der Waals surface area contributed by atoms with Crippen molar-refractivity contribution in [2.24, 2.45) is 0 Å². The van der Waals surface area contributed by atoms with Crippen LogP contribution < -0.4 is 0 Å². The van der Waals surface area contributed by atoms with Crippen molar-refractivity contribution in [2.45, 2.75) is 46.4 Å². The molecule has 0 radical (unpaired) electrons. The first-order chi connectivity index (χ1) is 9.80. The Balaban J connectivity index is 2.19. The quantitative estimate of drug-likeness (QED) is 0.831. The van der Waals surface area contributed by atoms with E-state index in [4.69, 9.17) is 4.74 Å². The van der Waals surface area contributed by atoms with Gasteiger partial charge in [0.1, 0.15) is 0 Å². The van der Waals surface area contributed by atoms with Gasteiger partial charge in [-0.3, -0.25) is 0 Å². The molecule has 0 saturated carbocycles. The van der Waals surface area contributed by atoms with Crippen molar-refractivity contribution in [3.05, 3.63) is 21.9 Å². The molecular formula is C14H24N2O3S2. The highest BCUT2D eigenvalue weighted by molar-refractivity contribution is 7.86. The van der Waals surface area contributed by atoms with Gasteiger partial charge in [0, 0.05) is 35.4 Å². The molecule has 120 valence electrons. The van der Waals surface area contributed by atoms with E-state index in [2.05, 4.69) is 0 Å². The molecule has 0 spiro atoms. The molecule has 1 aromatic heterocycles. The second-order valence-electron chi connectivity index (χ2n) is 5.70. The molecule has 0 aliphatic carbocycles. The van der Waals surface area contributed by atoms with Crippen LogP contribution in [0.1, 0.15) is 30.5 Å². The standard InChI is InChI=1S/C14H24N2O3S2/c1-11(2)16(10-14-6-5-13(4)20-14)21(17,18)15-7-8-19-12(3)9-15/h5-6,11-12H,7-10H2,1-4H3/t12-/m0/s1. The number of aryl methyl sites for hydroxylation is 1. The lowest BCUT2D eigenvalue weighted by Crippen LogP contribution is -2.52. The number of morpholine rings is 1.